The fourth-order valence-electron chi connectivity index (χ4n) is 4.23. The zero-order valence-electron chi connectivity index (χ0n) is 18.2. The summed E-state index contributed by atoms with van der Waals surface area (Å²) in [7, 11) is 0. The largest absolute Gasteiger partial charge is 0.434 e. The van der Waals surface area contributed by atoms with E-state index >= 15 is 0 Å². The molecule has 2 aromatic rings. The van der Waals surface area contributed by atoms with Crippen molar-refractivity contribution >= 4 is 23.2 Å². The molecule has 2 aromatic carbocycles. The highest BCUT2D eigenvalue weighted by molar-refractivity contribution is 5.98. The predicted octanol–water partition coefficient (Wildman–Crippen LogP) is 3.62. The van der Waals surface area contributed by atoms with Gasteiger partial charge in [0.25, 0.3) is 5.91 Å². The van der Waals surface area contributed by atoms with E-state index in [4.69, 9.17) is 4.74 Å². The van der Waals surface area contributed by atoms with E-state index in [-0.39, 0.29) is 23.8 Å². The molecule has 33 heavy (non-hydrogen) atoms. The lowest BCUT2D eigenvalue weighted by Crippen LogP contribution is -2.44. The monoisotopic (exact) mass is 459 g/mol. The van der Waals surface area contributed by atoms with Crippen molar-refractivity contribution in [3.05, 3.63) is 54.1 Å². The number of carbonyl (C=O) groups is 2. The van der Waals surface area contributed by atoms with Crippen LogP contribution in [0.4, 0.5) is 20.2 Å². The maximum absolute atomic E-state index is 13.0. The summed E-state index contributed by atoms with van der Waals surface area (Å²) >= 11 is 0. The number of alkyl halides is 2. The molecule has 2 saturated heterocycles. The summed E-state index contributed by atoms with van der Waals surface area (Å²) in [4.78, 5) is 29.7. The molecule has 0 radical (unpaired) electrons. The number of morpholine rings is 1. The van der Waals surface area contributed by atoms with E-state index in [2.05, 4.69) is 15.0 Å². The van der Waals surface area contributed by atoms with E-state index in [0.717, 1.165) is 18.8 Å². The Balaban J connectivity index is 1.41. The van der Waals surface area contributed by atoms with Gasteiger partial charge in [-0.25, -0.2) is 0 Å². The molecule has 4 rings (SSSR count). The Morgan fingerprint density at radius 3 is 2.64 bits per heavy atom. The molecule has 2 heterocycles. The number of nitrogens with zero attached hydrogens (tertiary/aromatic N) is 2. The quantitative estimate of drug-likeness (QED) is 0.715. The summed E-state index contributed by atoms with van der Waals surface area (Å²) in [5.41, 5.74) is 1.78. The molecule has 0 saturated carbocycles. The summed E-state index contributed by atoms with van der Waals surface area (Å²) < 4.78 is 35.3. The molecular formula is C24H27F2N3O4. The summed E-state index contributed by atoms with van der Waals surface area (Å²) in [6, 6.07) is 13.6. The molecule has 1 unspecified atom stereocenters. The minimum Gasteiger partial charge on any atom is -0.434 e. The van der Waals surface area contributed by atoms with Crippen molar-refractivity contribution in [2.24, 2.45) is 5.92 Å². The number of benzene rings is 2. The highest BCUT2D eigenvalue weighted by Crippen LogP contribution is 2.26. The van der Waals surface area contributed by atoms with E-state index in [1.165, 1.54) is 23.1 Å². The molecule has 0 spiro atoms. The van der Waals surface area contributed by atoms with Gasteiger partial charge in [-0.15, -0.1) is 0 Å². The Kier molecular flexibility index (Phi) is 7.39. The van der Waals surface area contributed by atoms with Gasteiger partial charge in [-0.3, -0.25) is 9.59 Å². The Bertz CT molecular complexity index is 982. The van der Waals surface area contributed by atoms with E-state index in [1.54, 1.807) is 6.07 Å². The molecule has 0 bridgehead atoms. The third-order valence-corrected chi connectivity index (χ3v) is 5.90. The van der Waals surface area contributed by atoms with Gasteiger partial charge < -0.3 is 24.6 Å². The number of hydrogen-bond donors (Lipinski definition) is 1. The van der Waals surface area contributed by atoms with Gasteiger partial charge in [-0.1, -0.05) is 18.2 Å². The number of halogens is 2. The molecule has 1 atom stereocenters. The average molecular weight is 459 g/mol. The van der Waals surface area contributed by atoms with Crippen LogP contribution >= 0.6 is 0 Å². The van der Waals surface area contributed by atoms with Crippen molar-refractivity contribution < 1.29 is 27.8 Å². The number of piperidine rings is 1. The van der Waals surface area contributed by atoms with Crippen molar-refractivity contribution in [2.45, 2.75) is 19.5 Å². The Morgan fingerprint density at radius 1 is 1.06 bits per heavy atom. The lowest BCUT2D eigenvalue weighted by molar-refractivity contribution is -0.121. The summed E-state index contributed by atoms with van der Waals surface area (Å²) in [6.07, 6.45) is 1.30. The van der Waals surface area contributed by atoms with Gasteiger partial charge in [0.1, 0.15) is 5.75 Å². The van der Waals surface area contributed by atoms with Crippen LogP contribution < -0.4 is 15.0 Å². The van der Waals surface area contributed by atoms with Crippen molar-refractivity contribution in [1.82, 2.24) is 4.90 Å². The second kappa shape index (κ2) is 10.6. The van der Waals surface area contributed by atoms with Crippen molar-refractivity contribution in [3.8, 4) is 5.75 Å². The molecule has 2 fully saturated rings. The van der Waals surface area contributed by atoms with Gasteiger partial charge in [-0.05, 0) is 43.2 Å². The average Bonchev–Trinajstić information content (AvgIpc) is 2.84. The van der Waals surface area contributed by atoms with E-state index in [0.29, 0.717) is 38.3 Å². The van der Waals surface area contributed by atoms with Crippen LogP contribution in [0, 0.1) is 5.92 Å². The first-order valence-corrected chi connectivity index (χ1v) is 11.1. The van der Waals surface area contributed by atoms with Gasteiger partial charge in [-0.2, -0.15) is 8.78 Å². The molecular weight excluding hydrogens is 432 g/mol. The molecule has 176 valence electrons. The SMILES string of the molecule is O=C(Nc1cccc(N2CCOCC2)c1)C1CCCN(C(=O)c2ccccc2OC(F)F)C1. The van der Waals surface area contributed by atoms with Crippen LogP contribution in [0.1, 0.15) is 23.2 Å². The second-order valence-electron chi connectivity index (χ2n) is 8.10. The van der Waals surface area contributed by atoms with E-state index in [9.17, 15) is 18.4 Å². The number of likely N-dealkylation sites (tertiary alicyclic amines) is 1. The fourth-order valence-corrected chi connectivity index (χ4v) is 4.23. The summed E-state index contributed by atoms with van der Waals surface area (Å²) in [6.45, 7) is 0.602. The van der Waals surface area contributed by atoms with Crippen LogP contribution in [0.2, 0.25) is 0 Å². The Morgan fingerprint density at radius 2 is 1.85 bits per heavy atom. The van der Waals surface area contributed by atoms with Crippen molar-refractivity contribution in [2.75, 3.05) is 49.6 Å². The van der Waals surface area contributed by atoms with E-state index in [1.807, 2.05) is 24.3 Å². The van der Waals surface area contributed by atoms with Gasteiger partial charge in [0.15, 0.2) is 0 Å². The molecule has 0 aromatic heterocycles. The molecule has 1 N–H and O–H groups in total. The molecule has 0 aliphatic carbocycles. The van der Waals surface area contributed by atoms with Crippen LogP contribution in [-0.2, 0) is 9.53 Å². The number of para-hydroxylation sites is 1. The fraction of sp³-hybridized carbons (Fsp3) is 0.417. The third kappa shape index (κ3) is 5.78. The number of rotatable bonds is 6. The molecule has 7 nitrogen and oxygen atoms in total. The first-order chi connectivity index (χ1) is 16.0. The maximum Gasteiger partial charge on any atom is 0.387 e. The van der Waals surface area contributed by atoms with Crippen LogP contribution in [0.25, 0.3) is 0 Å². The van der Waals surface area contributed by atoms with E-state index < -0.39 is 18.4 Å². The Labute approximate surface area is 191 Å². The molecule has 2 aliphatic heterocycles. The minimum atomic E-state index is -3.02. The topological polar surface area (TPSA) is 71.1 Å². The second-order valence-corrected chi connectivity index (χ2v) is 8.10. The first kappa shape index (κ1) is 23.0. The zero-order valence-corrected chi connectivity index (χ0v) is 18.2. The smallest absolute Gasteiger partial charge is 0.387 e. The van der Waals surface area contributed by atoms with Gasteiger partial charge in [0, 0.05) is 37.6 Å². The van der Waals surface area contributed by atoms with Gasteiger partial charge in [0.2, 0.25) is 5.91 Å². The van der Waals surface area contributed by atoms with Crippen molar-refractivity contribution in [1.29, 1.82) is 0 Å². The standard InChI is InChI=1S/C24H27F2N3O4/c25-24(26)33-21-9-2-1-8-20(21)23(31)29-10-4-5-17(16-29)22(30)27-18-6-3-7-19(15-18)28-11-13-32-14-12-28/h1-3,6-9,15,17,24H,4-5,10-14,16H2,(H,27,30). The molecule has 9 heteroatoms. The van der Waals surface area contributed by atoms with Crippen molar-refractivity contribution in [3.63, 3.8) is 0 Å². The van der Waals surface area contributed by atoms with Gasteiger partial charge in [0.05, 0.1) is 24.7 Å². The number of ether oxygens (including phenoxy) is 2. The lowest BCUT2D eigenvalue weighted by atomic mass is 9.96. The number of anilines is 2. The summed E-state index contributed by atoms with van der Waals surface area (Å²) in [5, 5.41) is 2.97. The van der Waals surface area contributed by atoms with Crippen LogP contribution in [0.15, 0.2) is 48.5 Å². The number of carbonyl (C=O) groups excluding carboxylic acids is 2. The van der Waals surface area contributed by atoms with Crippen LogP contribution in [0.5, 0.6) is 5.75 Å². The molecule has 2 amide bonds. The first-order valence-electron chi connectivity index (χ1n) is 11.1. The number of amides is 2. The summed E-state index contributed by atoms with van der Waals surface area (Å²) in [5.74, 6) is -1.14. The highest BCUT2D eigenvalue weighted by Gasteiger charge is 2.30. The lowest BCUT2D eigenvalue weighted by Gasteiger charge is -2.32. The highest BCUT2D eigenvalue weighted by atomic mass is 19.3. The Hall–Kier alpha value is -3.20. The predicted molar refractivity (Wildman–Crippen MR) is 120 cm³/mol. The maximum atomic E-state index is 13.0. The minimum absolute atomic E-state index is 0.0667. The third-order valence-electron chi connectivity index (χ3n) is 5.90. The number of nitrogens with one attached hydrogen (secondary N) is 1. The normalized spacial score (nSPS) is 18.8. The van der Waals surface area contributed by atoms with Crippen LogP contribution in [0.3, 0.4) is 0 Å². The molecule has 2 aliphatic rings. The van der Waals surface area contributed by atoms with Crippen LogP contribution in [-0.4, -0.2) is 62.7 Å². The number of hydrogen-bond acceptors (Lipinski definition) is 5. The zero-order chi connectivity index (χ0) is 23.2. The van der Waals surface area contributed by atoms with Gasteiger partial charge >= 0.3 is 6.61 Å².